The van der Waals surface area contributed by atoms with E-state index in [0.29, 0.717) is 0 Å². The third-order valence-corrected chi connectivity index (χ3v) is 4.78. The van der Waals surface area contributed by atoms with Crippen molar-refractivity contribution in [2.75, 3.05) is 6.61 Å². The number of nitrogens with zero attached hydrogens (tertiary/aromatic N) is 1. The van der Waals surface area contributed by atoms with Crippen molar-refractivity contribution in [3.63, 3.8) is 0 Å². The van der Waals surface area contributed by atoms with Crippen molar-refractivity contribution in [2.24, 2.45) is 0 Å². The molecule has 4 nitrogen and oxygen atoms in total. The lowest BCUT2D eigenvalue weighted by atomic mass is 9.94. The zero-order valence-electron chi connectivity index (χ0n) is 12.0. The largest absolute Gasteiger partial charge is 0.396 e. The zero-order valence-corrected chi connectivity index (χ0v) is 13.6. The van der Waals surface area contributed by atoms with Crippen molar-refractivity contribution < 1.29 is 13.7 Å². The molecular formula is C13H20ClFN2O2S. The first-order chi connectivity index (χ1) is 9.10. The van der Waals surface area contributed by atoms with E-state index < -0.39 is 27.1 Å². The van der Waals surface area contributed by atoms with E-state index in [4.69, 9.17) is 11.6 Å². The van der Waals surface area contributed by atoms with Crippen molar-refractivity contribution >= 4 is 22.6 Å². The van der Waals surface area contributed by atoms with Crippen molar-refractivity contribution in [1.29, 1.82) is 0 Å². The van der Waals surface area contributed by atoms with E-state index in [2.05, 4.69) is 9.71 Å². The van der Waals surface area contributed by atoms with Crippen LogP contribution in [0.4, 0.5) is 4.39 Å². The van der Waals surface area contributed by atoms with Crippen LogP contribution in [0.5, 0.6) is 0 Å². The van der Waals surface area contributed by atoms with Crippen molar-refractivity contribution in [2.45, 2.75) is 44.4 Å². The Labute approximate surface area is 126 Å². The topological polar surface area (TPSA) is 62.2 Å². The van der Waals surface area contributed by atoms with E-state index in [-0.39, 0.29) is 23.9 Å². The Bertz CT molecular complexity index is 508. The first kappa shape index (κ1) is 17.5. The Morgan fingerprint density at radius 2 is 2.00 bits per heavy atom. The lowest BCUT2D eigenvalue weighted by Crippen LogP contribution is -2.47. The number of aliphatic hydroxyl groups is 1. The molecule has 2 N–H and O–H groups in total. The van der Waals surface area contributed by atoms with E-state index in [9.17, 15) is 13.7 Å². The Balaban J connectivity index is 3.21. The van der Waals surface area contributed by atoms with Crippen LogP contribution in [0.25, 0.3) is 0 Å². The summed E-state index contributed by atoms with van der Waals surface area (Å²) in [6.07, 6.45) is 0.166. The molecule has 7 heteroatoms. The van der Waals surface area contributed by atoms with Gasteiger partial charge in [-0.15, -0.1) is 0 Å². The molecule has 0 aliphatic rings. The minimum Gasteiger partial charge on any atom is -0.396 e. The molecule has 0 saturated heterocycles. The maximum atomic E-state index is 14.0. The second kappa shape index (κ2) is 6.47. The highest BCUT2D eigenvalue weighted by Crippen LogP contribution is 2.28. The maximum Gasteiger partial charge on any atom is 0.146 e. The standard InChI is InChI=1S/C13H20ClFN2O2S/c1-12(2,3)20(19)17-13(4,7-8-18)11-9(15)5-6-10(14)16-11/h5-6,17-18H,7-8H2,1-4H3. The summed E-state index contributed by atoms with van der Waals surface area (Å²) in [7, 11) is -1.43. The van der Waals surface area contributed by atoms with Crippen molar-refractivity contribution in [1.82, 2.24) is 9.71 Å². The van der Waals surface area contributed by atoms with Crippen LogP contribution in [-0.2, 0) is 16.5 Å². The van der Waals surface area contributed by atoms with Gasteiger partial charge in [0.25, 0.3) is 0 Å². The monoisotopic (exact) mass is 322 g/mol. The summed E-state index contributed by atoms with van der Waals surface area (Å²) in [5.41, 5.74) is -1.02. The van der Waals surface area contributed by atoms with E-state index in [1.54, 1.807) is 27.7 Å². The number of halogens is 2. The molecular weight excluding hydrogens is 303 g/mol. The molecule has 0 aliphatic carbocycles. The number of hydrogen-bond donors (Lipinski definition) is 2. The maximum absolute atomic E-state index is 14.0. The number of aliphatic hydroxyl groups excluding tert-OH is 1. The average molecular weight is 323 g/mol. The summed E-state index contributed by atoms with van der Waals surface area (Å²) < 4.78 is 28.6. The van der Waals surface area contributed by atoms with E-state index in [1.165, 1.54) is 12.1 Å². The quantitative estimate of drug-likeness (QED) is 0.819. The molecule has 0 spiro atoms. The number of nitrogens with one attached hydrogen (secondary N) is 1. The molecule has 0 aliphatic heterocycles. The fourth-order valence-corrected chi connectivity index (χ4v) is 2.67. The average Bonchev–Trinajstić information content (AvgIpc) is 2.31. The van der Waals surface area contributed by atoms with Gasteiger partial charge in [-0.3, -0.25) is 0 Å². The van der Waals surface area contributed by atoms with Gasteiger partial charge in [0.05, 0.1) is 27.0 Å². The van der Waals surface area contributed by atoms with Crippen LogP contribution in [0.2, 0.25) is 5.15 Å². The predicted octanol–water partition coefficient (Wildman–Crippen LogP) is 2.52. The molecule has 2 unspecified atom stereocenters. The number of aromatic nitrogens is 1. The Hall–Kier alpha value is -0.560. The third-order valence-electron chi connectivity index (χ3n) is 2.82. The highest BCUT2D eigenvalue weighted by atomic mass is 35.5. The zero-order chi connectivity index (χ0) is 15.6. The second-order valence-electron chi connectivity index (χ2n) is 5.75. The van der Waals surface area contributed by atoms with Crippen LogP contribution < -0.4 is 4.72 Å². The number of rotatable bonds is 5. The highest BCUT2D eigenvalue weighted by Gasteiger charge is 2.35. The summed E-state index contributed by atoms with van der Waals surface area (Å²) in [4.78, 5) is 3.98. The fourth-order valence-electron chi connectivity index (χ4n) is 1.60. The lowest BCUT2D eigenvalue weighted by molar-refractivity contribution is 0.232. The SMILES string of the molecule is CC(CCO)(NS(=O)C(C)(C)C)c1nc(Cl)ccc1F. The van der Waals surface area contributed by atoms with Crippen LogP contribution in [-0.4, -0.2) is 25.7 Å². The molecule has 2 atom stereocenters. The summed E-state index contributed by atoms with van der Waals surface area (Å²) in [5.74, 6) is -0.552. The molecule has 1 rings (SSSR count). The van der Waals surface area contributed by atoms with Gasteiger partial charge in [-0.25, -0.2) is 18.3 Å². The summed E-state index contributed by atoms with van der Waals surface area (Å²) in [6.45, 7) is 6.86. The smallest absolute Gasteiger partial charge is 0.146 e. The molecule has 0 amide bonds. The third kappa shape index (κ3) is 4.22. The Morgan fingerprint density at radius 3 is 2.50 bits per heavy atom. The first-order valence-electron chi connectivity index (χ1n) is 6.23. The summed E-state index contributed by atoms with van der Waals surface area (Å²) in [6, 6.07) is 2.56. The van der Waals surface area contributed by atoms with E-state index in [1.807, 2.05) is 0 Å². The minimum atomic E-state index is -1.43. The van der Waals surface area contributed by atoms with Gasteiger partial charge in [-0.1, -0.05) is 11.6 Å². The number of pyridine rings is 1. The summed E-state index contributed by atoms with van der Waals surface area (Å²) >= 11 is 5.81. The highest BCUT2D eigenvalue weighted by molar-refractivity contribution is 7.84. The predicted molar refractivity (Wildman–Crippen MR) is 79.3 cm³/mol. The van der Waals surface area contributed by atoms with Gasteiger partial charge in [0.2, 0.25) is 0 Å². The normalized spacial score (nSPS) is 16.8. The molecule has 20 heavy (non-hydrogen) atoms. The van der Waals surface area contributed by atoms with Crippen molar-refractivity contribution in [3.05, 3.63) is 28.8 Å². The van der Waals surface area contributed by atoms with Crippen LogP contribution in [0.1, 0.15) is 39.8 Å². The Kier molecular flexibility index (Phi) is 5.66. The fraction of sp³-hybridized carbons (Fsp3) is 0.615. The number of hydrogen-bond acceptors (Lipinski definition) is 3. The second-order valence-corrected chi connectivity index (χ2v) is 8.11. The molecule has 0 saturated carbocycles. The van der Waals surface area contributed by atoms with E-state index >= 15 is 0 Å². The molecule has 1 aromatic rings. The lowest BCUT2D eigenvalue weighted by Gasteiger charge is -2.32. The van der Waals surface area contributed by atoms with Gasteiger partial charge >= 0.3 is 0 Å². The summed E-state index contributed by atoms with van der Waals surface area (Å²) in [5, 5.41) is 9.36. The molecule has 1 heterocycles. The van der Waals surface area contributed by atoms with E-state index in [0.717, 1.165) is 0 Å². The van der Waals surface area contributed by atoms with Gasteiger partial charge in [0.1, 0.15) is 11.0 Å². The molecule has 114 valence electrons. The molecule has 0 radical (unpaired) electrons. The van der Waals surface area contributed by atoms with Crippen molar-refractivity contribution in [3.8, 4) is 0 Å². The molecule has 0 fully saturated rings. The van der Waals surface area contributed by atoms with Gasteiger partial charge < -0.3 is 5.11 Å². The van der Waals surface area contributed by atoms with Gasteiger partial charge in [-0.2, -0.15) is 0 Å². The molecule has 1 aromatic heterocycles. The molecule has 0 aromatic carbocycles. The van der Waals surface area contributed by atoms with Crippen LogP contribution >= 0.6 is 11.6 Å². The minimum absolute atomic E-state index is 0.0525. The first-order valence-corrected chi connectivity index (χ1v) is 7.76. The van der Waals surface area contributed by atoms with Gasteiger partial charge in [-0.05, 0) is 46.2 Å². The van der Waals surface area contributed by atoms with Crippen LogP contribution in [0.3, 0.4) is 0 Å². The van der Waals surface area contributed by atoms with Gasteiger partial charge in [0, 0.05) is 6.61 Å². The van der Waals surface area contributed by atoms with Gasteiger partial charge in [0.15, 0.2) is 0 Å². The Morgan fingerprint density at radius 1 is 1.40 bits per heavy atom. The van der Waals surface area contributed by atoms with Crippen LogP contribution in [0, 0.1) is 5.82 Å². The van der Waals surface area contributed by atoms with Crippen LogP contribution in [0.15, 0.2) is 12.1 Å². The molecule has 0 bridgehead atoms.